The zero-order valence-corrected chi connectivity index (χ0v) is 21.0. The molecule has 1 unspecified atom stereocenters. The third-order valence-electron chi connectivity index (χ3n) is 6.91. The molecule has 0 spiro atoms. The van der Waals surface area contributed by atoms with E-state index in [-0.39, 0.29) is 22.8 Å². The summed E-state index contributed by atoms with van der Waals surface area (Å²) < 4.78 is 57.0. The fraction of sp³-hybridized carbons (Fsp3) is 0.222. The number of fused-ring (bicyclic) bond motifs is 3. The maximum Gasteiger partial charge on any atom is 0.419 e. The second-order valence-corrected chi connectivity index (χ2v) is 9.21. The largest absolute Gasteiger partial charge is 0.497 e. The Morgan fingerprint density at radius 1 is 1.03 bits per heavy atom. The van der Waals surface area contributed by atoms with E-state index < -0.39 is 34.8 Å². The van der Waals surface area contributed by atoms with Crippen molar-refractivity contribution in [2.24, 2.45) is 4.99 Å². The summed E-state index contributed by atoms with van der Waals surface area (Å²) in [5.74, 6) is -0.693. The molecule has 3 aromatic rings. The van der Waals surface area contributed by atoms with Crippen LogP contribution >= 0.6 is 11.6 Å². The molecular formula is C27H21ClF3N3O4. The summed E-state index contributed by atoms with van der Waals surface area (Å²) in [6.07, 6.45) is -4.43. The van der Waals surface area contributed by atoms with E-state index in [2.05, 4.69) is 4.99 Å². The van der Waals surface area contributed by atoms with Gasteiger partial charge in [0, 0.05) is 10.6 Å². The van der Waals surface area contributed by atoms with Crippen molar-refractivity contribution < 1.29 is 32.2 Å². The van der Waals surface area contributed by atoms with Gasteiger partial charge in [-0.15, -0.1) is 0 Å². The molecule has 7 nitrogen and oxygen atoms in total. The fourth-order valence-corrected chi connectivity index (χ4v) is 5.44. The molecule has 38 heavy (non-hydrogen) atoms. The smallest absolute Gasteiger partial charge is 0.419 e. The van der Waals surface area contributed by atoms with Gasteiger partial charge in [0.15, 0.2) is 0 Å². The monoisotopic (exact) mass is 543 g/mol. The van der Waals surface area contributed by atoms with Crippen molar-refractivity contribution in [2.75, 3.05) is 19.1 Å². The summed E-state index contributed by atoms with van der Waals surface area (Å²) in [6.45, 7) is -0.0632. The number of benzene rings is 3. The Morgan fingerprint density at radius 2 is 1.71 bits per heavy atom. The van der Waals surface area contributed by atoms with E-state index >= 15 is 13.2 Å². The van der Waals surface area contributed by atoms with Crippen molar-refractivity contribution in [3.8, 4) is 5.75 Å². The normalized spacial score (nSPS) is 22.2. The van der Waals surface area contributed by atoms with E-state index in [1.54, 1.807) is 30.3 Å². The standard InChI is InChI=1S/C27H21ClF3N3O4/c1-37-20-11-8-17(9-12-20)15-33-22-13-10-19(28)14-21(22)26(27(29,30)31)25(23(35)38-2,18-6-4-3-5-7-18)32-16-34(26)24(33)36/h3-14,16H,15H2,1-2H3/t25-,26?/m0/s1. The average Bonchev–Trinajstić information content (AvgIpc) is 3.30. The molecule has 0 bridgehead atoms. The summed E-state index contributed by atoms with van der Waals surface area (Å²) in [4.78, 5) is 33.2. The number of nitrogens with zero attached hydrogens (tertiary/aromatic N) is 3. The van der Waals surface area contributed by atoms with Gasteiger partial charge in [-0.1, -0.05) is 54.1 Å². The van der Waals surface area contributed by atoms with Gasteiger partial charge < -0.3 is 9.47 Å². The highest BCUT2D eigenvalue weighted by atomic mass is 35.5. The Labute approximate surface area is 221 Å². The Bertz CT molecular complexity index is 1430. The second-order valence-electron chi connectivity index (χ2n) is 8.77. The second kappa shape index (κ2) is 9.05. The van der Waals surface area contributed by atoms with E-state index in [1.165, 1.54) is 48.4 Å². The van der Waals surface area contributed by atoms with Gasteiger partial charge in [-0.3, -0.25) is 9.80 Å². The number of carbonyl (C=O) groups excluding carboxylic acids is 2. The Kier molecular flexibility index (Phi) is 6.10. The minimum Gasteiger partial charge on any atom is -0.497 e. The predicted molar refractivity (Wildman–Crippen MR) is 134 cm³/mol. The lowest BCUT2D eigenvalue weighted by Crippen LogP contribution is -2.70. The molecule has 0 radical (unpaired) electrons. The van der Waals surface area contributed by atoms with Crippen molar-refractivity contribution >= 4 is 35.6 Å². The highest BCUT2D eigenvalue weighted by Gasteiger charge is 2.80. The Hall–Kier alpha value is -4.05. The highest BCUT2D eigenvalue weighted by Crippen LogP contribution is 2.63. The van der Waals surface area contributed by atoms with Gasteiger partial charge in [0.2, 0.25) is 11.1 Å². The topological polar surface area (TPSA) is 71.4 Å². The first-order valence-corrected chi connectivity index (χ1v) is 11.8. The Balaban J connectivity index is 1.81. The molecule has 5 rings (SSSR count). The fourth-order valence-electron chi connectivity index (χ4n) is 5.27. The predicted octanol–water partition coefficient (Wildman–Crippen LogP) is 5.66. The number of esters is 1. The number of hydrogen-bond acceptors (Lipinski definition) is 5. The molecular weight excluding hydrogens is 523 g/mol. The van der Waals surface area contributed by atoms with E-state index in [0.717, 1.165) is 19.5 Å². The molecule has 2 amide bonds. The van der Waals surface area contributed by atoms with E-state index in [1.807, 2.05) is 0 Å². The number of halogens is 4. The van der Waals surface area contributed by atoms with E-state index in [0.29, 0.717) is 16.2 Å². The number of ether oxygens (including phenoxy) is 2. The van der Waals surface area contributed by atoms with Gasteiger partial charge >= 0.3 is 18.2 Å². The molecule has 0 aliphatic carbocycles. The number of amides is 2. The first-order valence-electron chi connectivity index (χ1n) is 11.4. The number of anilines is 1. The first kappa shape index (κ1) is 25.6. The van der Waals surface area contributed by atoms with Crippen molar-refractivity contribution in [1.29, 1.82) is 0 Å². The number of aliphatic imine (C=N–C) groups is 1. The Morgan fingerprint density at radius 3 is 2.32 bits per heavy atom. The minimum atomic E-state index is -5.20. The minimum absolute atomic E-state index is 0.00945. The molecule has 2 aliphatic rings. The third kappa shape index (κ3) is 3.39. The number of alkyl halides is 3. The molecule has 2 aliphatic heterocycles. The molecule has 11 heteroatoms. The third-order valence-corrected chi connectivity index (χ3v) is 7.15. The molecule has 196 valence electrons. The molecule has 3 aromatic carbocycles. The lowest BCUT2D eigenvalue weighted by Gasteiger charge is -2.52. The number of hydrogen-bond donors (Lipinski definition) is 0. The van der Waals surface area contributed by atoms with Gasteiger partial charge in [-0.05, 0) is 41.5 Å². The number of urea groups is 1. The van der Waals surface area contributed by atoms with Crippen LogP contribution in [0.3, 0.4) is 0 Å². The quantitative estimate of drug-likeness (QED) is 0.389. The van der Waals surface area contributed by atoms with Crippen LogP contribution in [0.15, 0.2) is 77.8 Å². The molecule has 0 saturated heterocycles. The lowest BCUT2D eigenvalue weighted by molar-refractivity contribution is -0.239. The van der Waals surface area contributed by atoms with Crippen LogP contribution in [-0.4, -0.2) is 43.6 Å². The zero-order chi connectivity index (χ0) is 27.3. The van der Waals surface area contributed by atoms with Crippen molar-refractivity contribution in [3.63, 3.8) is 0 Å². The number of rotatable bonds is 5. The van der Waals surface area contributed by atoms with Crippen LogP contribution in [0.1, 0.15) is 16.7 Å². The number of carbonyl (C=O) groups is 2. The van der Waals surface area contributed by atoms with Gasteiger partial charge in [-0.2, -0.15) is 13.2 Å². The molecule has 0 N–H and O–H groups in total. The van der Waals surface area contributed by atoms with Crippen molar-refractivity contribution in [1.82, 2.24) is 4.90 Å². The molecule has 0 aromatic heterocycles. The van der Waals surface area contributed by atoms with Crippen LogP contribution in [0.5, 0.6) is 5.75 Å². The summed E-state index contributed by atoms with van der Waals surface area (Å²) in [6, 6.07) is 16.9. The van der Waals surface area contributed by atoms with Gasteiger partial charge in [0.05, 0.1) is 32.8 Å². The van der Waals surface area contributed by atoms with Crippen LogP contribution in [-0.2, 0) is 27.2 Å². The van der Waals surface area contributed by atoms with Crippen molar-refractivity contribution in [3.05, 3.63) is 94.5 Å². The van der Waals surface area contributed by atoms with Crippen LogP contribution in [0.2, 0.25) is 5.02 Å². The van der Waals surface area contributed by atoms with Crippen LogP contribution in [0.25, 0.3) is 0 Å². The maximum atomic E-state index is 15.6. The summed E-state index contributed by atoms with van der Waals surface area (Å²) >= 11 is 6.25. The maximum absolute atomic E-state index is 15.6. The molecule has 2 atom stereocenters. The van der Waals surface area contributed by atoms with Crippen LogP contribution in [0.4, 0.5) is 23.7 Å². The molecule has 0 fully saturated rings. The van der Waals surface area contributed by atoms with E-state index in [4.69, 9.17) is 21.1 Å². The summed E-state index contributed by atoms with van der Waals surface area (Å²) in [5, 5.41) is -0.00945. The lowest BCUT2D eigenvalue weighted by atomic mass is 9.66. The number of methoxy groups -OCH3 is 2. The van der Waals surface area contributed by atoms with Crippen LogP contribution < -0.4 is 9.64 Å². The molecule has 2 heterocycles. The SMILES string of the molecule is COC(=O)[C@]1(c2ccccc2)N=CN2C(=O)N(Cc3ccc(OC)cc3)c3ccc(Cl)cc3C21C(F)(F)F. The first-order chi connectivity index (χ1) is 18.1. The van der Waals surface area contributed by atoms with Gasteiger partial charge in [0.25, 0.3) is 0 Å². The van der Waals surface area contributed by atoms with Gasteiger partial charge in [-0.25, -0.2) is 14.6 Å². The zero-order valence-electron chi connectivity index (χ0n) is 20.2. The highest BCUT2D eigenvalue weighted by molar-refractivity contribution is 6.30. The van der Waals surface area contributed by atoms with Crippen molar-refractivity contribution in [2.45, 2.75) is 23.8 Å². The van der Waals surface area contributed by atoms with Gasteiger partial charge in [0.1, 0.15) is 5.75 Å². The summed E-state index contributed by atoms with van der Waals surface area (Å²) in [7, 11) is 2.49. The average molecular weight is 544 g/mol. The van der Waals surface area contributed by atoms with E-state index in [9.17, 15) is 9.59 Å². The van der Waals surface area contributed by atoms with Crippen LogP contribution in [0, 0.1) is 0 Å². The molecule has 0 saturated carbocycles. The summed E-state index contributed by atoms with van der Waals surface area (Å²) in [5.41, 5.74) is -5.89.